The van der Waals surface area contributed by atoms with E-state index in [1.54, 1.807) is 13.0 Å². The van der Waals surface area contributed by atoms with Gasteiger partial charge in [-0.15, -0.1) is 0 Å². The lowest BCUT2D eigenvalue weighted by molar-refractivity contribution is -0.137. The van der Waals surface area contributed by atoms with E-state index < -0.39 is 0 Å². The van der Waals surface area contributed by atoms with E-state index in [-0.39, 0.29) is 5.97 Å². The first-order valence-corrected chi connectivity index (χ1v) is 6.30. The lowest BCUT2D eigenvalue weighted by Gasteiger charge is -2.02. The number of halogens is 1. The average molecular weight is 298 g/mol. The molecule has 0 aromatic heterocycles. The molecule has 0 aliphatic heterocycles. The van der Waals surface area contributed by atoms with Crippen molar-refractivity contribution in [2.75, 3.05) is 13.2 Å². The van der Waals surface area contributed by atoms with Gasteiger partial charge in [0, 0.05) is 23.6 Å². The molecule has 0 heterocycles. The van der Waals surface area contributed by atoms with Gasteiger partial charge in [0.25, 0.3) is 0 Å². The van der Waals surface area contributed by atoms with Crippen LogP contribution in [0.5, 0.6) is 0 Å². The number of ether oxygens (including phenoxy) is 1. The highest BCUT2D eigenvalue weighted by atomic mass is 79.9. The van der Waals surface area contributed by atoms with Crippen molar-refractivity contribution in [1.29, 1.82) is 0 Å². The SMILES string of the molecule is CCOC(=O)/C=C/CNCc1cccc(Br)c1. The summed E-state index contributed by atoms with van der Waals surface area (Å²) in [5.74, 6) is -0.295. The fourth-order valence-corrected chi connectivity index (χ4v) is 1.74. The number of nitrogens with one attached hydrogen (secondary N) is 1. The zero-order valence-corrected chi connectivity index (χ0v) is 11.4. The average Bonchev–Trinajstić information content (AvgIpc) is 2.29. The first-order valence-electron chi connectivity index (χ1n) is 5.51. The monoisotopic (exact) mass is 297 g/mol. The molecule has 0 aliphatic carbocycles. The van der Waals surface area contributed by atoms with Gasteiger partial charge in [-0.1, -0.05) is 34.1 Å². The highest BCUT2D eigenvalue weighted by Crippen LogP contribution is 2.11. The molecule has 0 aliphatic rings. The van der Waals surface area contributed by atoms with E-state index in [1.165, 1.54) is 11.6 Å². The van der Waals surface area contributed by atoms with Crippen molar-refractivity contribution in [2.24, 2.45) is 0 Å². The highest BCUT2D eigenvalue weighted by Gasteiger charge is 1.94. The second kappa shape index (κ2) is 8.03. The van der Waals surface area contributed by atoms with Crippen LogP contribution in [0.15, 0.2) is 40.9 Å². The Morgan fingerprint density at radius 2 is 2.35 bits per heavy atom. The third-order valence-corrected chi connectivity index (χ3v) is 2.51. The summed E-state index contributed by atoms with van der Waals surface area (Å²) in [4.78, 5) is 11.0. The van der Waals surface area contributed by atoms with Crippen LogP contribution in [-0.2, 0) is 16.1 Å². The van der Waals surface area contributed by atoms with Gasteiger partial charge in [-0.25, -0.2) is 4.79 Å². The molecule has 4 heteroatoms. The molecule has 1 aromatic carbocycles. The number of carbonyl (C=O) groups is 1. The molecule has 0 saturated heterocycles. The molecule has 1 N–H and O–H groups in total. The summed E-state index contributed by atoms with van der Waals surface area (Å²) < 4.78 is 5.83. The lowest BCUT2D eigenvalue weighted by Crippen LogP contribution is -2.13. The van der Waals surface area contributed by atoms with Crippen molar-refractivity contribution in [3.63, 3.8) is 0 Å². The maximum Gasteiger partial charge on any atom is 0.330 e. The fraction of sp³-hybridized carbons (Fsp3) is 0.308. The zero-order valence-electron chi connectivity index (χ0n) is 9.78. The van der Waals surface area contributed by atoms with Crippen LogP contribution in [-0.4, -0.2) is 19.1 Å². The largest absolute Gasteiger partial charge is 0.463 e. The van der Waals surface area contributed by atoms with Crippen molar-refractivity contribution in [3.8, 4) is 0 Å². The number of hydrogen-bond acceptors (Lipinski definition) is 3. The number of carbonyl (C=O) groups excluding carboxylic acids is 1. The molecule has 0 amide bonds. The number of esters is 1. The topological polar surface area (TPSA) is 38.3 Å². The van der Waals surface area contributed by atoms with Crippen LogP contribution in [0.3, 0.4) is 0 Å². The molecule has 0 spiro atoms. The maximum absolute atomic E-state index is 11.0. The van der Waals surface area contributed by atoms with E-state index in [4.69, 9.17) is 4.74 Å². The Bertz CT molecular complexity index is 391. The molecule has 92 valence electrons. The Morgan fingerprint density at radius 3 is 3.06 bits per heavy atom. The molecule has 0 unspecified atom stereocenters. The number of benzene rings is 1. The summed E-state index contributed by atoms with van der Waals surface area (Å²) in [5.41, 5.74) is 1.20. The summed E-state index contributed by atoms with van der Waals surface area (Å²) in [7, 11) is 0. The van der Waals surface area contributed by atoms with Crippen LogP contribution in [0, 0.1) is 0 Å². The minimum Gasteiger partial charge on any atom is -0.463 e. The zero-order chi connectivity index (χ0) is 12.5. The van der Waals surface area contributed by atoms with Crippen molar-refractivity contribution in [1.82, 2.24) is 5.32 Å². The molecule has 0 bridgehead atoms. The summed E-state index contributed by atoms with van der Waals surface area (Å²) >= 11 is 3.42. The first-order chi connectivity index (χ1) is 8.22. The smallest absolute Gasteiger partial charge is 0.330 e. The van der Waals surface area contributed by atoms with Gasteiger partial charge in [0.15, 0.2) is 0 Å². The van der Waals surface area contributed by atoms with Gasteiger partial charge in [-0.3, -0.25) is 0 Å². The first kappa shape index (κ1) is 13.9. The van der Waals surface area contributed by atoms with Gasteiger partial charge in [0.2, 0.25) is 0 Å². The van der Waals surface area contributed by atoms with Gasteiger partial charge < -0.3 is 10.1 Å². The second-order valence-corrected chi connectivity index (χ2v) is 4.33. The summed E-state index contributed by atoms with van der Waals surface area (Å²) in [6.07, 6.45) is 3.20. The van der Waals surface area contributed by atoms with E-state index in [0.717, 1.165) is 11.0 Å². The standard InChI is InChI=1S/C13H16BrNO2/c1-2-17-13(16)7-4-8-15-10-11-5-3-6-12(14)9-11/h3-7,9,15H,2,8,10H2,1H3/b7-4+. The quantitative estimate of drug-likeness (QED) is 0.498. The van der Waals surface area contributed by atoms with Gasteiger partial charge in [-0.05, 0) is 24.6 Å². The van der Waals surface area contributed by atoms with Gasteiger partial charge >= 0.3 is 5.97 Å². The van der Waals surface area contributed by atoms with Gasteiger partial charge in [0.1, 0.15) is 0 Å². The Morgan fingerprint density at radius 1 is 1.53 bits per heavy atom. The van der Waals surface area contributed by atoms with Crippen LogP contribution < -0.4 is 5.32 Å². The van der Waals surface area contributed by atoms with Crippen LogP contribution in [0.4, 0.5) is 0 Å². The van der Waals surface area contributed by atoms with Crippen LogP contribution >= 0.6 is 15.9 Å². The minimum atomic E-state index is -0.295. The van der Waals surface area contributed by atoms with Crippen LogP contribution in [0.2, 0.25) is 0 Å². The van der Waals surface area contributed by atoms with E-state index >= 15 is 0 Å². The molecular formula is C13H16BrNO2. The van der Waals surface area contributed by atoms with E-state index in [9.17, 15) is 4.79 Å². The van der Waals surface area contributed by atoms with Crippen molar-refractivity contribution in [2.45, 2.75) is 13.5 Å². The summed E-state index contributed by atoms with van der Waals surface area (Å²) in [6.45, 7) is 3.61. The molecular weight excluding hydrogens is 282 g/mol. The van der Waals surface area contributed by atoms with E-state index in [1.807, 2.05) is 18.2 Å². The Hall–Kier alpha value is -1.13. The van der Waals surface area contributed by atoms with Gasteiger partial charge in [-0.2, -0.15) is 0 Å². The molecule has 1 aromatic rings. The minimum absolute atomic E-state index is 0.295. The van der Waals surface area contributed by atoms with Crippen LogP contribution in [0.1, 0.15) is 12.5 Å². The molecule has 0 atom stereocenters. The highest BCUT2D eigenvalue weighted by molar-refractivity contribution is 9.10. The normalized spacial score (nSPS) is 10.7. The predicted octanol–water partition coefficient (Wildman–Crippen LogP) is 2.66. The second-order valence-electron chi connectivity index (χ2n) is 3.42. The number of rotatable bonds is 6. The molecule has 0 radical (unpaired) electrons. The van der Waals surface area contributed by atoms with Crippen LogP contribution in [0.25, 0.3) is 0 Å². The Balaban J connectivity index is 2.22. The van der Waals surface area contributed by atoms with Crippen molar-refractivity contribution in [3.05, 3.63) is 46.5 Å². The molecule has 3 nitrogen and oxygen atoms in total. The Labute approximate surface area is 110 Å². The van der Waals surface area contributed by atoms with E-state index in [2.05, 4.69) is 27.3 Å². The fourth-order valence-electron chi connectivity index (χ4n) is 1.29. The third kappa shape index (κ3) is 6.24. The maximum atomic E-state index is 11.0. The summed E-state index contributed by atoms with van der Waals surface area (Å²) in [6, 6.07) is 8.09. The Kier molecular flexibility index (Phi) is 6.58. The third-order valence-electron chi connectivity index (χ3n) is 2.02. The number of hydrogen-bond donors (Lipinski definition) is 1. The molecule has 0 saturated carbocycles. The van der Waals surface area contributed by atoms with Gasteiger partial charge in [0.05, 0.1) is 6.61 Å². The lowest BCUT2D eigenvalue weighted by atomic mass is 10.2. The van der Waals surface area contributed by atoms with Crippen molar-refractivity contribution >= 4 is 21.9 Å². The molecule has 1 rings (SSSR count). The predicted molar refractivity (Wildman–Crippen MR) is 71.6 cm³/mol. The molecule has 0 fully saturated rings. The molecule has 17 heavy (non-hydrogen) atoms. The van der Waals surface area contributed by atoms with Crippen molar-refractivity contribution < 1.29 is 9.53 Å². The van der Waals surface area contributed by atoms with E-state index in [0.29, 0.717) is 13.2 Å². The summed E-state index contributed by atoms with van der Waals surface area (Å²) in [5, 5.41) is 3.21.